The first-order chi connectivity index (χ1) is 18.9. The van der Waals surface area contributed by atoms with E-state index in [-0.39, 0.29) is 13.0 Å². The molecule has 1 saturated heterocycles. The highest BCUT2D eigenvalue weighted by molar-refractivity contribution is 6.23. The van der Waals surface area contributed by atoms with Crippen molar-refractivity contribution in [1.29, 1.82) is 5.26 Å². The van der Waals surface area contributed by atoms with E-state index in [2.05, 4.69) is 4.98 Å². The Morgan fingerprint density at radius 2 is 1.79 bits per heavy atom. The van der Waals surface area contributed by atoms with E-state index in [9.17, 15) is 14.4 Å². The molecule has 0 radical (unpaired) electrons. The van der Waals surface area contributed by atoms with Gasteiger partial charge in [-0.15, -0.1) is 0 Å². The summed E-state index contributed by atoms with van der Waals surface area (Å²) >= 11 is 0. The van der Waals surface area contributed by atoms with Crippen LogP contribution in [0.5, 0.6) is 11.5 Å². The number of hydrogen-bond acceptors (Lipinski definition) is 6. The molecule has 0 aliphatic carbocycles. The number of methoxy groups -OCH3 is 2. The molecule has 4 aromatic rings. The largest absolute Gasteiger partial charge is 0.493 e. The van der Waals surface area contributed by atoms with Crippen LogP contribution in [0, 0.1) is 11.3 Å². The molecule has 1 aromatic heterocycles. The van der Waals surface area contributed by atoms with Gasteiger partial charge in [0, 0.05) is 29.2 Å². The first-order valence-corrected chi connectivity index (χ1v) is 12.4. The minimum Gasteiger partial charge on any atom is -0.493 e. The number of nitriles is 1. The molecule has 1 atom stereocenters. The van der Waals surface area contributed by atoms with Crippen molar-refractivity contribution in [3.05, 3.63) is 89.6 Å². The summed E-state index contributed by atoms with van der Waals surface area (Å²) in [5.41, 5.74) is 3.06. The van der Waals surface area contributed by atoms with E-state index in [1.807, 2.05) is 36.5 Å². The third kappa shape index (κ3) is 4.80. The summed E-state index contributed by atoms with van der Waals surface area (Å²) in [5, 5.41) is 10.1. The van der Waals surface area contributed by atoms with Crippen LogP contribution in [0.2, 0.25) is 0 Å². The maximum Gasteiger partial charge on any atom is 0.257 e. The van der Waals surface area contributed by atoms with Crippen LogP contribution >= 0.6 is 0 Å². The number of hydrogen-bond donors (Lipinski definition) is 1. The van der Waals surface area contributed by atoms with Gasteiger partial charge in [0.25, 0.3) is 11.8 Å². The lowest BCUT2D eigenvalue weighted by Crippen LogP contribution is -2.46. The third-order valence-corrected chi connectivity index (χ3v) is 6.94. The molecule has 1 N–H and O–H groups in total. The standard InChI is InChI=1S/C30H26N4O5/c1-38-26-12-9-20(15-27(26)39-2)29(36)33(14-13-21-18-32-24-6-4-3-5-23(21)24)25-16-28(35)34(30(25)37)22-10-7-19(17-31)8-11-22/h3-12,15,18,25,32H,13-14,16H2,1-2H3. The van der Waals surface area contributed by atoms with Crippen molar-refractivity contribution in [2.45, 2.75) is 18.9 Å². The Balaban J connectivity index is 1.48. The first-order valence-electron chi connectivity index (χ1n) is 12.4. The summed E-state index contributed by atoms with van der Waals surface area (Å²) < 4.78 is 10.7. The summed E-state index contributed by atoms with van der Waals surface area (Å²) in [4.78, 5) is 46.4. The van der Waals surface area contributed by atoms with Gasteiger partial charge in [-0.3, -0.25) is 14.4 Å². The van der Waals surface area contributed by atoms with Gasteiger partial charge in [-0.05, 0) is 60.5 Å². The third-order valence-electron chi connectivity index (χ3n) is 6.94. The zero-order valence-electron chi connectivity index (χ0n) is 21.5. The number of benzene rings is 3. The quantitative estimate of drug-likeness (QED) is 0.349. The lowest BCUT2D eigenvalue weighted by molar-refractivity contribution is -0.122. The summed E-state index contributed by atoms with van der Waals surface area (Å²) in [6.45, 7) is 0.208. The molecule has 9 heteroatoms. The molecular formula is C30H26N4O5. The summed E-state index contributed by atoms with van der Waals surface area (Å²) in [6.07, 6.45) is 2.22. The van der Waals surface area contributed by atoms with Gasteiger partial charge in [-0.1, -0.05) is 18.2 Å². The maximum absolute atomic E-state index is 13.9. The molecular weight excluding hydrogens is 496 g/mol. The number of anilines is 1. The van der Waals surface area contributed by atoms with Gasteiger partial charge in [-0.2, -0.15) is 5.26 Å². The highest BCUT2D eigenvalue weighted by atomic mass is 16.5. The molecule has 3 amide bonds. The Labute approximate surface area is 225 Å². The number of carbonyl (C=O) groups excluding carboxylic acids is 3. The number of amides is 3. The maximum atomic E-state index is 13.9. The lowest BCUT2D eigenvalue weighted by atomic mass is 10.1. The number of carbonyl (C=O) groups is 3. The average Bonchev–Trinajstić information content (AvgIpc) is 3.52. The molecule has 3 aromatic carbocycles. The fourth-order valence-electron chi connectivity index (χ4n) is 4.93. The molecule has 1 unspecified atom stereocenters. The zero-order chi connectivity index (χ0) is 27.5. The molecule has 2 heterocycles. The summed E-state index contributed by atoms with van der Waals surface area (Å²) in [7, 11) is 2.99. The second-order valence-corrected chi connectivity index (χ2v) is 9.12. The minimum absolute atomic E-state index is 0.147. The number of ether oxygens (including phenoxy) is 2. The molecule has 0 bridgehead atoms. The highest BCUT2D eigenvalue weighted by Crippen LogP contribution is 2.31. The molecule has 1 fully saturated rings. The van der Waals surface area contributed by atoms with E-state index in [1.54, 1.807) is 42.5 Å². The number of nitrogens with zero attached hydrogens (tertiary/aromatic N) is 3. The van der Waals surface area contributed by atoms with Crippen molar-refractivity contribution < 1.29 is 23.9 Å². The van der Waals surface area contributed by atoms with Crippen molar-refractivity contribution in [3.63, 3.8) is 0 Å². The zero-order valence-corrected chi connectivity index (χ0v) is 21.5. The fraction of sp³-hybridized carbons (Fsp3) is 0.200. The molecule has 1 aliphatic rings. The summed E-state index contributed by atoms with van der Waals surface area (Å²) in [6, 6.07) is 19.9. The van der Waals surface area contributed by atoms with E-state index in [4.69, 9.17) is 14.7 Å². The van der Waals surface area contributed by atoms with Crippen molar-refractivity contribution in [3.8, 4) is 17.6 Å². The van der Waals surface area contributed by atoms with Crippen molar-refractivity contribution in [2.75, 3.05) is 25.7 Å². The second kappa shape index (κ2) is 10.7. The monoisotopic (exact) mass is 522 g/mol. The lowest BCUT2D eigenvalue weighted by Gasteiger charge is -2.28. The van der Waals surface area contributed by atoms with Crippen LogP contribution in [-0.4, -0.2) is 54.4 Å². The van der Waals surface area contributed by atoms with Crippen LogP contribution in [0.15, 0.2) is 72.9 Å². The first kappa shape index (κ1) is 25.5. The highest BCUT2D eigenvalue weighted by Gasteiger charge is 2.44. The van der Waals surface area contributed by atoms with Gasteiger partial charge in [0.05, 0.1) is 38.0 Å². The van der Waals surface area contributed by atoms with Crippen LogP contribution in [0.4, 0.5) is 5.69 Å². The predicted octanol–water partition coefficient (Wildman–Crippen LogP) is 4.07. The number of aromatic amines is 1. The fourth-order valence-corrected chi connectivity index (χ4v) is 4.93. The molecule has 39 heavy (non-hydrogen) atoms. The Kier molecular flexibility index (Phi) is 7.02. The number of imide groups is 1. The van der Waals surface area contributed by atoms with E-state index in [1.165, 1.54) is 19.1 Å². The van der Waals surface area contributed by atoms with Gasteiger partial charge < -0.3 is 19.4 Å². The van der Waals surface area contributed by atoms with E-state index < -0.39 is 23.8 Å². The minimum atomic E-state index is -0.987. The van der Waals surface area contributed by atoms with E-state index in [0.717, 1.165) is 21.4 Å². The smallest absolute Gasteiger partial charge is 0.257 e. The normalized spacial score (nSPS) is 14.9. The molecule has 5 rings (SSSR count). The van der Waals surface area contributed by atoms with Crippen LogP contribution in [0.1, 0.15) is 27.9 Å². The van der Waals surface area contributed by atoms with Crippen LogP contribution < -0.4 is 14.4 Å². The van der Waals surface area contributed by atoms with Crippen LogP contribution in [0.25, 0.3) is 10.9 Å². The molecule has 1 aliphatic heterocycles. The number of para-hydroxylation sites is 1. The topological polar surface area (TPSA) is 116 Å². The molecule has 0 saturated carbocycles. The van der Waals surface area contributed by atoms with Crippen molar-refractivity contribution >= 4 is 34.3 Å². The van der Waals surface area contributed by atoms with Crippen molar-refractivity contribution in [2.24, 2.45) is 0 Å². The second-order valence-electron chi connectivity index (χ2n) is 9.12. The average molecular weight is 523 g/mol. The molecule has 196 valence electrons. The predicted molar refractivity (Wildman–Crippen MR) is 145 cm³/mol. The molecule has 9 nitrogen and oxygen atoms in total. The van der Waals surface area contributed by atoms with Gasteiger partial charge in [0.1, 0.15) is 6.04 Å². The number of H-pyrrole nitrogens is 1. The Morgan fingerprint density at radius 1 is 1.05 bits per heavy atom. The van der Waals surface area contributed by atoms with Crippen LogP contribution in [0.3, 0.4) is 0 Å². The van der Waals surface area contributed by atoms with E-state index in [0.29, 0.717) is 34.7 Å². The van der Waals surface area contributed by atoms with Gasteiger partial charge in [-0.25, -0.2) is 4.90 Å². The number of rotatable bonds is 8. The molecule has 0 spiro atoms. The Morgan fingerprint density at radius 3 is 2.51 bits per heavy atom. The SMILES string of the molecule is COc1ccc(C(=O)N(CCc2c[nH]c3ccccc23)C2CC(=O)N(c3ccc(C#N)cc3)C2=O)cc1OC. The summed E-state index contributed by atoms with van der Waals surface area (Å²) in [5.74, 6) is -0.445. The van der Waals surface area contributed by atoms with Crippen LogP contribution in [-0.2, 0) is 16.0 Å². The Hall–Kier alpha value is -5.10. The Bertz CT molecular complexity index is 1600. The number of fused-ring (bicyclic) bond motifs is 1. The van der Waals surface area contributed by atoms with E-state index >= 15 is 0 Å². The number of aromatic nitrogens is 1. The van der Waals surface area contributed by atoms with Crippen molar-refractivity contribution in [1.82, 2.24) is 9.88 Å². The van der Waals surface area contributed by atoms with Gasteiger partial charge in [0.2, 0.25) is 5.91 Å². The van der Waals surface area contributed by atoms with Gasteiger partial charge >= 0.3 is 0 Å². The number of nitrogens with one attached hydrogen (secondary N) is 1. The van der Waals surface area contributed by atoms with Gasteiger partial charge in [0.15, 0.2) is 11.5 Å².